The molecule has 0 saturated carbocycles. The van der Waals surface area contributed by atoms with Crippen LogP contribution in [0.4, 0.5) is 0 Å². The van der Waals surface area contributed by atoms with Gasteiger partial charge in [-0.1, -0.05) is 15.9 Å². The first kappa shape index (κ1) is 17.6. The minimum atomic E-state index is -1.04. The Morgan fingerprint density at radius 2 is 2.09 bits per heavy atom. The van der Waals surface area contributed by atoms with Gasteiger partial charge in [-0.05, 0) is 50.5 Å². The van der Waals surface area contributed by atoms with Crippen molar-refractivity contribution in [2.75, 3.05) is 12.3 Å². The second kappa shape index (κ2) is 8.22. The van der Waals surface area contributed by atoms with E-state index in [-0.39, 0.29) is 18.0 Å². The summed E-state index contributed by atoms with van der Waals surface area (Å²) in [4.78, 5) is 15.0. The predicted octanol–water partition coefficient (Wildman–Crippen LogP) is 2.68. The van der Waals surface area contributed by atoms with Gasteiger partial charge in [0.25, 0.3) is 0 Å². The molecule has 0 aromatic heterocycles. The topological polar surface area (TPSA) is 63.4 Å². The van der Waals surface area contributed by atoms with Crippen LogP contribution in [0.1, 0.15) is 32.6 Å². The molecule has 2 N–H and O–H groups in total. The Morgan fingerprint density at radius 1 is 1.41 bits per heavy atom. The molecule has 1 aromatic rings. The van der Waals surface area contributed by atoms with Gasteiger partial charge in [-0.15, -0.1) is 0 Å². The van der Waals surface area contributed by atoms with Crippen molar-refractivity contribution in [3.63, 3.8) is 0 Å². The lowest BCUT2D eigenvalue weighted by Crippen LogP contribution is -2.48. The van der Waals surface area contributed by atoms with E-state index in [0.717, 1.165) is 28.8 Å². The van der Waals surface area contributed by atoms with Gasteiger partial charge in [0, 0.05) is 40.2 Å². The Balaban J connectivity index is 1.77. The monoisotopic (exact) mass is 386 g/mol. The number of amides is 1. The molecule has 1 heterocycles. The van der Waals surface area contributed by atoms with Gasteiger partial charge in [-0.2, -0.15) is 0 Å². The van der Waals surface area contributed by atoms with Crippen molar-refractivity contribution in [2.24, 2.45) is 5.73 Å². The fourth-order valence-electron chi connectivity index (χ4n) is 2.78. The van der Waals surface area contributed by atoms with E-state index in [1.807, 2.05) is 29.2 Å². The van der Waals surface area contributed by atoms with Crippen LogP contribution < -0.4 is 5.73 Å². The SMILES string of the molecule is CC1CC(N)CCN1C(=O)CCCS(=O)c1ccc(Br)cc1. The molecule has 2 rings (SSSR count). The molecule has 1 amide bonds. The summed E-state index contributed by atoms with van der Waals surface area (Å²) in [5.41, 5.74) is 5.92. The molecule has 1 saturated heterocycles. The number of carbonyl (C=O) groups is 1. The Bertz CT molecular complexity index is 535. The highest BCUT2D eigenvalue weighted by Gasteiger charge is 2.26. The fourth-order valence-corrected chi connectivity index (χ4v) is 4.13. The second-order valence-electron chi connectivity index (χ2n) is 5.83. The largest absolute Gasteiger partial charge is 0.340 e. The van der Waals surface area contributed by atoms with Crippen molar-refractivity contribution in [1.29, 1.82) is 0 Å². The molecular weight excluding hydrogens is 364 g/mol. The number of nitrogens with two attached hydrogens (primary N) is 1. The number of halogens is 1. The number of likely N-dealkylation sites (tertiary alicyclic amines) is 1. The van der Waals surface area contributed by atoms with E-state index in [9.17, 15) is 9.00 Å². The molecule has 4 nitrogen and oxygen atoms in total. The summed E-state index contributed by atoms with van der Waals surface area (Å²) in [5, 5.41) is 0. The van der Waals surface area contributed by atoms with Gasteiger partial charge in [-0.3, -0.25) is 9.00 Å². The van der Waals surface area contributed by atoms with Gasteiger partial charge in [0.1, 0.15) is 0 Å². The first-order valence-corrected chi connectivity index (χ1v) is 9.77. The molecule has 3 unspecified atom stereocenters. The van der Waals surface area contributed by atoms with Crippen molar-refractivity contribution in [1.82, 2.24) is 4.90 Å². The minimum absolute atomic E-state index is 0.159. The van der Waals surface area contributed by atoms with E-state index in [4.69, 9.17) is 5.73 Å². The van der Waals surface area contributed by atoms with Crippen LogP contribution in [0.15, 0.2) is 33.6 Å². The van der Waals surface area contributed by atoms with Gasteiger partial charge in [-0.25, -0.2) is 0 Å². The van der Waals surface area contributed by atoms with Crippen LogP contribution in [-0.4, -0.2) is 39.4 Å². The summed E-state index contributed by atoms with van der Waals surface area (Å²) >= 11 is 3.36. The summed E-state index contributed by atoms with van der Waals surface area (Å²) < 4.78 is 13.1. The first-order valence-electron chi connectivity index (χ1n) is 7.66. The maximum atomic E-state index is 12.3. The van der Waals surface area contributed by atoms with Crippen LogP contribution in [-0.2, 0) is 15.6 Å². The zero-order valence-electron chi connectivity index (χ0n) is 12.8. The Hall–Kier alpha value is -0.720. The predicted molar refractivity (Wildman–Crippen MR) is 93.0 cm³/mol. The van der Waals surface area contributed by atoms with Crippen molar-refractivity contribution in [3.8, 4) is 0 Å². The van der Waals surface area contributed by atoms with Crippen LogP contribution in [0.25, 0.3) is 0 Å². The maximum Gasteiger partial charge on any atom is 0.222 e. The molecule has 22 heavy (non-hydrogen) atoms. The average Bonchev–Trinajstić information content (AvgIpc) is 2.47. The lowest BCUT2D eigenvalue weighted by molar-refractivity contribution is -0.134. The normalized spacial score (nSPS) is 23.3. The van der Waals surface area contributed by atoms with Gasteiger partial charge in [0.05, 0.1) is 10.8 Å². The minimum Gasteiger partial charge on any atom is -0.340 e. The maximum absolute atomic E-state index is 12.3. The number of hydrogen-bond acceptors (Lipinski definition) is 3. The quantitative estimate of drug-likeness (QED) is 0.845. The average molecular weight is 387 g/mol. The summed E-state index contributed by atoms with van der Waals surface area (Å²) in [6.45, 7) is 2.80. The van der Waals surface area contributed by atoms with Crippen molar-refractivity contribution in [3.05, 3.63) is 28.7 Å². The Kier molecular flexibility index (Phi) is 6.59. The van der Waals surface area contributed by atoms with E-state index in [0.29, 0.717) is 18.6 Å². The molecule has 1 aromatic carbocycles. The molecule has 6 heteroatoms. The number of rotatable bonds is 5. The molecule has 1 fully saturated rings. The zero-order valence-corrected chi connectivity index (χ0v) is 15.2. The molecule has 3 atom stereocenters. The number of hydrogen-bond donors (Lipinski definition) is 1. The third-order valence-electron chi connectivity index (χ3n) is 4.03. The van der Waals surface area contributed by atoms with Crippen molar-refractivity contribution in [2.45, 2.75) is 49.6 Å². The third kappa shape index (κ3) is 4.89. The lowest BCUT2D eigenvalue weighted by atomic mass is 9.99. The molecular formula is C16H23BrN2O2S. The summed E-state index contributed by atoms with van der Waals surface area (Å²) in [6, 6.07) is 7.91. The number of nitrogens with zero attached hydrogens (tertiary/aromatic N) is 1. The molecule has 1 aliphatic rings. The lowest BCUT2D eigenvalue weighted by Gasteiger charge is -2.36. The molecule has 0 bridgehead atoms. The first-order chi connectivity index (χ1) is 10.5. The van der Waals surface area contributed by atoms with E-state index in [2.05, 4.69) is 22.9 Å². The highest BCUT2D eigenvalue weighted by atomic mass is 79.9. The summed E-state index contributed by atoms with van der Waals surface area (Å²) in [6.07, 6.45) is 2.86. The fraction of sp³-hybridized carbons (Fsp3) is 0.562. The summed E-state index contributed by atoms with van der Waals surface area (Å²) in [7, 11) is -1.04. The molecule has 0 radical (unpaired) electrons. The highest BCUT2D eigenvalue weighted by Crippen LogP contribution is 2.18. The number of benzene rings is 1. The van der Waals surface area contributed by atoms with Crippen LogP contribution in [0, 0.1) is 0 Å². The van der Waals surface area contributed by atoms with Crippen molar-refractivity contribution < 1.29 is 9.00 Å². The van der Waals surface area contributed by atoms with Gasteiger partial charge in [0.15, 0.2) is 0 Å². The van der Waals surface area contributed by atoms with Gasteiger partial charge >= 0.3 is 0 Å². The van der Waals surface area contributed by atoms with E-state index >= 15 is 0 Å². The highest BCUT2D eigenvalue weighted by molar-refractivity contribution is 9.10. The standard InChI is InChI=1S/C16H23BrN2O2S/c1-12-11-14(18)8-9-19(12)16(20)3-2-10-22(21)15-6-4-13(17)5-7-15/h4-7,12,14H,2-3,8-11,18H2,1H3. The van der Waals surface area contributed by atoms with E-state index in [1.165, 1.54) is 0 Å². The van der Waals surface area contributed by atoms with Crippen LogP contribution in [0.3, 0.4) is 0 Å². The summed E-state index contributed by atoms with van der Waals surface area (Å²) in [5.74, 6) is 0.682. The smallest absolute Gasteiger partial charge is 0.222 e. The van der Waals surface area contributed by atoms with Gasteiger partial charge < -0.3 is 10.6 Å². The van der Waals surface area contributed by atoms with Gasteiger partial charge in [0.2, 0.25) is 5.91 Å². The zero-order chi connectivity index (χ0) is 16.1. The van der Waals surface area contributed by atoms with Crippen LogP contribution in [0.5, 0.6) is 0 Å². The van der Waals surface area contributed by atoms with Crippen molar-refractivity contribution >= 4 is 32.6 Å². The van der Waals surface area contributed by atoms with Crippen LogP contribution in [0.2, 0.25) is 0 Å². The molecule has 122 valence electrons. The van der Waals surface area contributed by atoms with E-state index < -0.39 is 10.8 Å². The number of piperidine rings is 1. The molecule has 0 aliphatic carbocycles. The molecule has 0 spiro atoms. The third-order valence-corrected chi connectivity index (χ3v) is 6.02. The Morgan fingerprint density at radius 3 is 2.73 bits per heavy atom. The molecule has 1 aliphatic heterocycles. The number of carbonyl (C=O) groups excluding carboxylic acids is 1. The Labute approximate surface area is 143 Å². The van der Waals surface area contributed by atoms with E-state index in [1.54, 1.807) is 0 Å². The van der Waals surface area contributed by atoms with Crippen LogP contribution >= 0.6 is 15.9 Å². The second-order valence-corrected chi connectivity index (χ2v) is 8.31.